The van der Waals surface area contributed by atoms with Crippen molar-refractivity contribution in [1.82, 2.24) is 90.8 Å². The zero-order chi connectivity index (χ0) is 70.2. The molecule has 103 heavy (non-hydrogen) atoms. The molecule has 0 spiro atoms. The maximum Gasteiger partial charge on any atom is 0.347 e. The number of thiazole rings is 1. The molecule has 5 aliphatic rings. The van der Waals surface area contributed by atoms with Crippen molar-refractivity contribution in [3.05, 3.63) is 267 Å². The molecule has 0 radical (unpaired) electrons. The van der Waals surface area contributed by atoms with Crippen molar-refractivity contribution in [3.8, 4) is 61.8 Å². The van der Waals surface area contributed by atoms with E-state index < -0.39 is 6.98 Å². The number of imidazole rings is 8. The van der Waals surface area contributed by atoms with Gasteiger partial charge in [-0.3, -0.25) is 49.4 Å². The standard InChI is InChI=1S/C20H14N5.2C15H12N5.C14H9N4O.C13H8N5S/c1-2-4-15(5-3-1)24-18-11-22-9-7-17(18)25-19(24)13-23-12-14-10-21-8-6-16(14)20(23)25;2*1-18-13-7-17-5-3-12(13)20-14(18)9-19-8-10-6-16-4-2-11(10)15(19)20;1-3-15-5-9-7-17-8-13-18(14(17)10(1)9)11-2-4-16-6-12(11)19-13;1-2-10-16-11-12(18(10)15-4-1)17-7-8-6-14-5-3-9(8)13(17)19-11/h1-11,13H,12H2;2*2-7,9H,8H2,1H3;1-6,8H,7H2;1-6H,7H2/q5*+1/i;1D3;;;. The minimum atomic E-state index is -2.26. The Balaban J connectivity index is 0.0000000830. The summed E-state index contributed by atoms with van der Waals surface area (Å²) in [7, 11) is 2.09. The molecule has 0 N–H and O–H groups in total. The Hall–Kier alpha value is -13.9. The van der Waals surface area contributed by atoms with Gasteiger partial charge in [-0.05, 0) is 48.5 Å². The summed E-state index contributed by atoms with van der Waals surface area (Å²) in [4.78, 5) is 43.5. The van der Waals surface area contributed by atoms with Crippen LogP contribution in [-0.2, 0) is 46.7 Å². The first-order valence-corrected chi connectivity index (χ1v) is 34.2. The molecule has 25 nitrogen and oxygen atoms in total. The Bertz CT molecular complexity index is 7250. The molecule has 0 amide bonds. The average molecular weight is 1370 g/mol. The molecule has 20 aromatic heterocycles. The summed E-state index contributed by atoms with van der Waals surface area (Å²) in [6, 6.07) is 32.6. The summed E-state index contributed by atoms with van der Waals surface area (Å²) < 4.78 is 57.2. The van der Waals surface area contributed by atoms with Crippen LogP contribution in [0.2, 0.25) is 0 Å². The lowest BCUT2D eigenvalue weighted by molar-refractivity contribution is -0.670. The van der Waals surface area contributed by atoms with Crippen molar-refractivity contribution in [3.63, 3.8) is 0 Å². The highest BCUT2D eigenvalue weighted by Crippen LogP contribution is 2.38. The van der Waals surface area contributed by atoms with Crippen LogP contribution in [0.5, 0.6) is 0 Å². The van der Waals surface area contributed by atoms with E-state index in [-0.39, 0.29) is 0 Å². The third-order valence-corrected chi connectivity index (χ3v) is 21.4. The molecule has 26 rings (SSSR count). The SMILES string of the molecule is Cn1c2cnccc2n2c3[n+](cc12)Cc1cnccc1-3.[2H]C([2H])([2H])n1c2cnccc2n2c3[n+](cc12)Cc1cnccc1-3.c1cc2c(cn1)C[n+]1cc3oc4cnccc4n3c1-2.c1ccc(-n2c3cnccc3n3c4[n+](cc23)Cc2cnccc2-4)cc1.c1cnn2c(c1)nc1sc3[n+](c12)Cc1cnccc1-3. The van der Waals surface area contributed by atoms with Gasteiger partial charge in [0.2, 0.25) is 21.8 Å². The number of benzene rings is 1. The van der Waals surface area contributed by atoms with Crippen molar-refractivity contribution in [2.45, 2.75) is 32.7 Å². The topological polar surface area (TPSA) is 211 Å². The fourth-order valence-corrected chi connectivity index (χ4v) is 17.1. The lowest BCUT2D eigenvalue weighted by Gasteiger charge is -2.02. The third-order valence-electron chi connectivity index (χ3n) is 20.3. The molecule has 490 valence electrons. The molecule has 0 aliphatic carbocycles. The lowest BCUT2D eigenvalue weighted by Crippen LogP contribution is -2.31. The molecule has 0 saturated heterocycles. The number of rotatable bonds is 1. The van der Waals surface area contributed by atoms with Gasteiger partial charge in [0.15, 0.2) is 57.4 Å². The van der Waals surface area contributed by atoms with E-state index in [4.69, 9.17) is 8.53 Å². The van der Waals surface area contributed by atoms with Crippen LogP contribution in [0.15, 0.2) is 244 Å². The second-order valence-electron chi connectivity index (χ2n) is 25.9. The minimum absolute atomic E-state index is 0.605. The number of aryl methyl sites for hydroxylation is 2. The zero-order valence-electron chi connectivity index (χ0n) is 57.6. The van der Waals surface area contributed by atoms with E-state index in [1.165, 1.54) is 76.9 Å². The molecule has 25 heterocycles. The molecule has 0 saturated carbocycles. The second-order valence-corrected chi connectivity index (χ2v) is 26.9. The second kappa shape index (κ2) is 21.8. The maximum atomic E-state index is 7.89. The molecule has 0 unspecified atom stereocenters. The Morgan fingerprint density at radius 2 is 0.864 bits per heavy atom. The van der Waals surface area contributed by atoms with Gasteiger partial charge in [-0.25, -0.2) is 22.8 Å². The third kappa shape index (κ3) is 8.33. The van der Waals surface area contributed by atoms with E-state index >= 15 is 0 Å². The van der Waals surface area contributed by atoms with Gasteiger partial charge in [0.25, 0.3) is 28.9 Å². The highest BCUT2D eigenvalue weighted by atomic mass is 32.1. The number of para-hydroxylation sites is 1. The van der Waals surface area contributed by atoms with E-state index in [1.807, 2.05) is 138 Å². The molecule has 0 fully saturated rings. The number of hydrogen-bond donors (Lipinski definition) is 0. The Kier molecular flexibility index (Phi) is 11.5. The Labute approximate surface area is 589 Å². The quantitative estimate of drug-likeness (QED) is 0.141. The van der Waals surface area contributed by atoms with Crippen LogP contribution in [0.25, 0.3) is 145 Å². The fraction of sp³-hybridized carbons (Fsp3) is 0.0909. The summed E-state index contributed by atoms with van der Waals surface area (Å²) in [6.45, 7) is 1.90. The van der Waals surface area contributed by atoms with E-state index in [9.17, 15) is 0 Å². The van der Waals surface area contributed by atoms with Crippen LogP contribution in [0, 0.1) is 0 Å². The van der Waals surface area contributed by atoms with Crippen LogP contribution < -0.4 is 22.8 Å². The molecule has 21 aromatic rings. The molecular weight excluding hydrogens is 1310 g/mol. The molecular formula is C77H55N24OS+5. The highest BCUT2D eigenvalue weighted by Gasteiger charge is 2.39. The molecule has 0 bridgehead atoms. The zero-order valence-corrected chi connectivity index (χ0v) is 55.4. The predicted molar refractivity (Wildman–Crippen MR) is 381 cm³/mol. The average Bonchev–Trinajstić information content (AvgIpc) is 1.56. The number of fused-ring (bicyclic) bond motifs is 35. The van der Waals surface area contributed by atoms with Gasteiger partial charge in [-0.15, -0.1) is 0 Å². The van der Waals surface area contributed by atoms with Crippen molar-refractivity contribution in [2.24, 2.45) is 14.0 Å². The number of pyridine rings is 9. The van der Waals surface area contributed by atoms with Gasteiger partial charge in [-0.1, -0.05) is 39.1 Å². The number of oxazole rings is 1. The molecule has 26 heteroatoms. The number of hydrogen-bond acceptors (Lipinski definition) is 13. The van der Waals surface area contributed by atoms with Gasteiger partial charge in [0, 0.05) is 174 Å². The van der Waals surface area contributed by atoms with Crippen molar-refractivity contribution in [2.75, 3.05) is 0 Å². The fourth-order valence-electron chi connectivity index (χ4n) is 15.9. The summed E-state index contributed by atoms with van der Waals surface area (Å²) in [5.41, 5.74) is 27.1. The number of aromatic nitrogens is 24. The summed E-state index contributed by atoms with van der Waals surface area (Å²) in [5.74, 6) is 4.57. The maximum absolute atomic E-state index is 7.89. The van der Waals surface area contributed by atoms with Crippen LogP contribution in [-0.4, -0.2) is 90.8 Å². The normalized spacial score (nSPS) is 13.5. The molecule has 5 aliphatic heterocycles. The van der Waals surface area contributed by atoms with Gasteiger partial charge < -0.3 is 13.6 Å². The van der Waals surface area contributed by atoms with E-state index in [1.54, 1.807) is 48.5 Å². The monoisotopic (exact) mass is 1370 g/mol. The van der Waals surface area contributed by atoms with Crippen LogP contribution in [0.4, 0.5) is 0 Å². The van der Waals surface area contributed by atoms with Crippen molar-refractivity contribution >= 4 is 94.3 Å². The first kappa shape index (κ1) is 54.1. The van der Waals surface area contributed by atoms with Crippen molar-refractivity contribution in [1.29, 1.82) is 0 Å². The predicted octanol–water partition coefficient (Wildman–Crippen LogP) is 9.51. The molecule has 0 atom stereocenters. The van der Waals surface area contributed by atoms with E-state index in [0.717, 1.165) is 115 Å². The highest BCUT2D eigenvalue weighted by molar-refractivity contribution is 7.20. The van der Waals surface area contributed by atoms with E-state index in [2.05, 4.69) is 180 Å². The minimum Gasteiger partial charge on any atom is -0.414 e. The Morgan fingerprint density at radius 3 is 1.45 bits per heavy atom. The van der Waals surface area contributed by atoms with Gasteiger partial charge in [-0.2, -0.15) is 22.6 Å². The van der Waals surface area contributed by atoms with Crippen molar-refractivity contribution < 1.29 is 31.4 Å². The summed E-state index contributed by atoms with van der Waals surface area (Å²) in [6.07, 6.45) is 43.4. The van der Waals surface area contributed by atoms with Gasteiger partial charge >= 0.3 is 11.4 Å². The first-order valence-electron chi connectivity index (χ1n) is 34.9. The first-order chi connectivity index (χ1) is 52.1. The van der Waals surface area contributed by atoms with Gasteiger partial charge in [0.1, 0.15) is 49.3 Å². The van der Waals surface area contributed by atoms with Crippen LogP contribution in [0.3, 0.4) is 0 Å². The molecule has 1 aromatic carbocycles. The summed E-state index contributed by atoms with van der Waals surface area (Å²) >= 11 is 1.72. The smallest absolute Gasteiger partial charge is 0.347 e. The van der Waals surface area contributed by atoms with Gasteiger partial charge in [0.05, 0.1) is 53.2 Å². The lowest BCUT2D eigenvalue weighted by atomic mass is 10.2. The Morgan fingerprint density at radius 1 is 0.408 bits per heavy atom. The largest absolute Gasteiger partial charge is 0.414 e. The van der Waals surface area contributed by atoms with Crippen LogP contribution >= 0.6 is 11.3 Å². The summed E-state index contributed by atoms with van der Waals surface area (Å²) in [5, 5.41) is 5.65. The van der Waals surface area contributed by atoms with Crippen LogP contribution in [0.1, 0.15) is 31.9 Å². The number of nitrogens with zero attached hydrogens (tertiary/aromatic N) is 24. The van der Waals surface area contributed by atoms with E-state index in [0.29, 0.717) is 17.7 Å².